The summed E-state index contributed by atoms with van der Waals surface area (Å²) in [6.45, 7) is 1.65. The minimum Gasteiger partial charge on any atom is -0.497 e. The first-order valence-electron chi connectivity index (χ1n) is 9.40. The summed E-state index contributed by atoms with van der Waals surface area (Å²) in [5.74, 6) is 0.0536. The maximum atomic E-state index is 13.4. The van der Waals surface area contributed by atoms with E-state index in [0.29, 0.717) is 10.7 Å². The van der Waals surface area contributed by atoms with Gasteiger partial charge in [0.25, 0.3) is 5.91 Å². The predicted molar refractivity (Wildman–Crippen MR) is 105 cm³/mol. The lowest BCUT2D eigenvalue weighted by molar-refractivity contribution is -0.126. The second-order valence-electron chi connectivity index (χ2n) is 7.36. The van der Waals surface area contributed by atoms with Crippen molar-refractivity contribution >= 4 is 29.1 Å². The molecule has 3 saturated heterocycles. The number of amides is 2. The number of hydrazine groups is 1. The summed E-state index contributed by atoms with van der Waals surface area (Å²) in [6, 6.07) is 14.1. The van der Waals surface area contributed by atoms with Crippen LogP contribution in [0.1, 0.15) is 18.0 Å². The third kappa shape index (κ3) is 2.49. The number of ether oxygens (including phenoxy) is 1. The van der Waals surface area contributed by atoms with Crippen LogP contribution in [0.3, 0.4) is 0 Å². The van der Waals surface area contributed by atoms with Gasteiger partial charge in [-0.2, -0.15) is 0 Å². The minimum absolute atomic E-state index is 0.146. The molecule has 0 saturated carbocycles. The Bertz CT molecular complexity index is 931. The summed E-state index contributed by atoms with van der Waals surface area (Å²) in [7, 11) is 1.63. The Kier molecular flexibility index (Phi) is 4.16. The molecule has 3 aliphatic rings. The average molecular weight is 398 g/mol. The maximum Gasteiger partial charge on any atom is 0.253 e. The van der Waals surface area contributed by atoms with Gasteiger partial charge in [-0.15, -0.1) is 0 Å². The number of carbonyl (C=O) groups is 2. The second-order valence-corrected chi connectivity index (χ2v) is 7.79. The first-order chi connectivity index (χ1) is 13.6. The normalized spacial score (nSPS) is 27.4. The smallest absolute Gasteiger partial charge is 0.253 e. The van der Waals surface area contributed by atoms with Crippen LogP contribution in [0.5, 0.6) is 5.75 Å². The fraction of sp³-hybridized carbons (Fsp3) is 0.333. The standard InChI is InChI=1S/C21H20ClN3O3/c1-28-16-9-3-13(4-10-16)18-17-19(24-12-2-11-23(18)24)21(27)25(20(17)26)15-7-5-14(22)6-8-15/h3-10,17-19H,2,11-12H2,1H3/t17-,18+,19-/m1/s1. The van der Waals surface area contributed by atoms with E-state index in [2.05, 4.69) is 10.0 Å². The van der Waals surface area contributed by atoms with E-state index in [-0.39, 0.29) is 17.9 Å². The van der Waals surface area contributed by atoms with Crippen molar-refractivity contribution in [3.05, 3.63) is 59.1 Å². The van der Waals surface area contributed by atoms with E-state index in [1.807, 2.05) is 24.3 Å². The summed E-state index contributed by atoms with van der Waals surface area (Å²) in [5.41, 5.74) is 1.60. The Hall–Kier alpha value is -2.41. The number of fused-ring (bicyclic) bond motifs is 3. The molecule has 0 aliphatic carbocycles. The van der Waals surface area contributed by atoms with E-state index in [9.17, 15) is 9.59 Å². The molecule has 3 heterocycles. The molecular weight excluding hydrogens is 378 g/mol. The summed E-state index contributed by atoms with van der Waals surface area (Å²) in [6.07, 6.45) is 0.984. The molecular formula is C21H20ClN3O3. The lowest BCUT2D eigenvalue weighted by atomic mass is 9.90. The Morgan fingerprint density at radius 1 is 0.893 bits per heavy atom. The molecule has 2 aromatic carbocycles. The van der Waals surface area contributed by atoms with Gasteiger partial charge in [-0.25, -0.2) is 14.9 Å². The van der Waals surface area contributed by atoms with Gasteiger partial charge in [-0.3, -0.25) is 9.59 Å². The Morgan fingerprint density at radius 2 is 1.54 bits per heavy atom. The zero-order chi connectivity index (χ0) is 19.4. The van der Waals surface area contributed by atoms with E-state index in [0.717, 1.165) is 30.8 Å². The van der Waals surface area contributed by atoms with E-state index in [1.165, 1.54) is 4.90 Å². The molecule has 0 N–H and O–H groups in total. The molecule has 3 atom stereocenters. The number of rotatable bonds is 3. The van der Waals surface area contributed by atoms with Crippen LogP contribution in [0.4, 0.5) is 5.69 Å². The largest absolute Gasteiger partial charge is 0.497 e. The molecule has 3 fully saturated rings. The van der Waals surface area contributed by atoms with Gasteiger partial charge in [-0.1, -0.05) is 23.7 Å². The molecule has 2 amide bonds. The van der Waals surface area contributed by atoms with Gasteiger partial charge in [0.1, 0.15) is 11.8 Å². The average Bonchev–Trinajstić information content (AvgIpc) is 3.35. The fourth-order valence-electron chi connectivity index (χ4n) is 4.76. The van der Waals surface area contributed by atoms with Crippen molar-refractivity contribution in [3.63, 3.8) is 0 Å². The van der Waals surface area contributed by atoms with Crippen molar-refractivity contribution < 1.29 is 14.3 Å². The molecule has 0 spiro atoms. The van der Waals surface area contributed by atoms with Crippen LogP contribution in [0.2, 0.25) is 5.02 Å². The lowest BCUT2D eigenvalue weighted by Gasteiger charge is -2.29. The van der Waals surface area contributed by atoms with Gasteiger partial charge >= 0.3 is 0 Å². The van der Waals surface area contributed by atoms with Gasteiger partial charge in [0.2, 0.25) is 5.91 Å². The molecule has 28 heavy (non-hydrogen) atoms. The number of nitrogens with zero attached hydrogens (tertiary/aromatic N) is 3. The maximum absolute atomic E-state index is 13.4. The van der Waals surface area contributed by atoms with E-state index < -0.39 is 12.0 Å². The van der Waals surface area contributed by atoms with Crippen molar-refractivity contribution in [3.8, 4) is 5.75 Å². The molecule has 7 heteroatoms. The quantitative estimate of drug-likeness (QED) is 0.745. The number of benzene rings is 2. The molecule has 0 radical (unpaired) electrons. The molecule has 5 rings (SSSR count). The first kappa shape index (κ1) is 17.7. The molecule has 6 nitrogen and oxygen atoms in total. The van der Waals surface area contributed by atoms with Gasteiger partial charge < -0.3 is 4.74 Å². The van der Waals surface area contributed by atoms with Gasteiger partial charge in [0, 0.05) is 18.1 Å². The number of carbonyl (C=O) groups excluding carboxylic acids is 2. The SMILES string of the molecule is COc1ccc([C@H]2[C@H]3C(=O)N(c4ccc(Cl)cc4)C(=O)[C@@H]3N3CCCN23)cc1. The number of hydrogen-bond acceptors (Lipinski definition) is 5. The van der Waals surface area contributed by atoms with Gasteiger partial charge in [0.05, 0.1) is 24.8 Å². The van der Waals surface area contributed by atoms with Crippen LogP contribution in [0, 0.1) is 5.92 Å². The van der Waals surface area contributed by atoms with Crippen LogP contribution in [0.25, 0.3) is 0 Å². The fourth-order valence-corrected chi connectivity index (χ4v) is 4.89. The van der Waals surface area contributed by atoms with Gasteiger partial charge in [-0.05, 0) is 48.4 Å². The summed E-state index contributed by atoms with van der Waals surface area (Å²) in [4.78, 5) is 28.0. The lowest BCUT2D eigenvalue weighted by Crippen LogP contribution is -2.44. The van der Waals surface area contributed by atoms with E-state index in [4.69, 9.17) is 16.3 Å². The van der Waals surface area contributed by atoms with Crippen LogP contribution in [-0.4, -0.2) is 48.1 Å². The summed E-state index contributed by atoms with van der Waals surface area (Å²) in [5, 5.41) is 4.87. The molecule has 0 bridgehead atoms. The summed E-state index contributed by atoms with van der Waals surface area (Å²) < 4.78 is 5.26. The molecule has 2 aromatic rings. The minimum atomic E-state index is -0.447. The number of halogens is 1. The number of anilines is 1. The second kappa shape index (κ2) is 6.58. The highest BCUT2D eigenvalue weighted by Gasteiger charge is 2.62. The van der Waals surface area contributed by atoms with Crippen molar-refractivity contribution in [1.29, 1.82) is 0 Å². The molecule has 144 valence electrons. The van der Waals surface area contributed by atoms with Crippen LogP contribution >= 0.6 is 11.6 Å². The summed E-state index contributed by atoms with van der Waals surface area (Å²) >= 11 is 5.97. The van der Waals surface area contributed by atoms with E-state index in [1.54, 1.807) is 31.4 Å². The highest BCUT2D eigenvalue weighted by atomic mass is 35.5. The Balaban J connectivity index is 1.55. The van der Waals surface area contributed by atoms with Gasteiger partial charge in [0.15, 0.2) is 0 Å². The highest BCUT2D eigenvalue weighted by molar-refractivity contribution is 6.31. The van der Waals surface area contributed by atoms with Crippen molar-refractivity contribution in [2.45, 2.75) is 18.5 Å². The van der Waals surface area contributed by atoms with Crippen LogP contribution < -0.4 is 9.64 Å². The predicted octanol–water partition coefficient (Wildman–Crippen LogP) is 2.88. The Morgan fingerprint density at radius 3 is 2.18 bits per heavy atom. The topological polar surface area (TPSA) is 53.1 Å². The zero-order valence-corrected chi connectivity index (χ0v) is 16.2. The third-order valence-corrected chi connectivity index (χ3v) is 6.20. The monoisotopic (exact) mass is 397 g/mol. The highest BCUT2D eigenvalue weighted by Crippen LogP contribution is 2.49. The zero-order valence-electron chi connectivity index (χ0n) is 15.4. The Labute approximate surface area is 168 Å². The number of methoxy groups -OCH3 is 1. The van der Waals surface area contributed by atoms with Crippen molar-refractivity contribution in [2.75, 3.05) is 25.1 Å². The molecule has 0 aromatic heterocycles. The third-order valence-electron chi connectivity index (χ3n) is 5.95. The van der Waals surface area contributed by atoms with Crippen LogP contribution in [0.15, 0.2) is 48.5 Å². The molecule has 3 aliphatic heterocycles. The first-order valence-corrected chi connectivity index (χ1v) is 9.78. The van der Waals surface area contributed by atoms with Crippen LogP contribution in [-0.2, 0) is 9.59 Å². The van der Waals surface area contributed by atoms with E-state index >= 15 is 0 Å². The molecule has 0 unspecified atom stereocenters. The number of hydrogen-bond donors (Lipinski definition) is 0. The van der Waals surface area contributed by atoms with Crippen molar-refractivity contribution in [2.24, 2.45) is 5.92 Å². The number of imide groups is 1. The van der Waals surface area contributed by atoms with Crippen molar-refractivity contribution in [1.82, 2.24) is 10.0 Å².